The predicted octanol–water partition coefficient (Wildman–Crippen LogP) is 2.79. The van der Waals surface area contributed by atoms with Crippen LogP contribution >= 0.6 is 0 Å². The van der Waals surface area contributed by atoms with Gasteiger partial charge in [-0.1, -0.05) is 6.07 Å². The van der Waals surface area contributed by atoms with Crippen LogP contribution in [-0.4, -0.2) is 19.3 Å². The normalized spacial score (nSPS) is 20.9. The zero-order valence-electron chi connectivity index (χ0n) is 10.7. The average Bonchev–Trinajstić information content (AvgIpc) is 2.81. The lowest BCUT2D eigenvalue weighted by atomic mass is 10.1. The molecule has 0 aromatic heterocycles. The Morgan fingerprint density at radius 2 is 2.39 bits per heavy atom. The number of nitrogens with two attached hydrogens (primary N) is 1. The highest BCUT2D eigenvalue weighted by Gasteiger charge is 2.15. The van der Waals surface area contributed by atoms with Crippen molar-refractivity contribution in [3.8, 4) is 5.75 Å². The summed E-state index contributed by atoms with van der Waals surface area (Å²) in [4.78, 5) is 0. The van der Waals surface area contributed by atoms with Gasteiger partial charge in [0.05, 0.1) is 12.7 Å². The third-order valence-electron chi connectivity index (χ3n) is 3.20. The van der Waals surface area contributed by atoms with Crippen molar-refractivity contribution >= 4 is 0 Å². The largest absolute Gasteiger partial charge is 0.493 e. The number of rotatable bonds is 5. The van der Waals surface area contributed by atoms with Gasteiger partial charge in [-0.2, -0.15) is 0 Å². The van der Waals surface area contributed by atoms with E-state index in [-0.39, 0.29) is 11.9 Å². The van der Waals surface area contributed by atoms with E-state index in [9.17, 15) is 4.39 Å². The minimum atomic E-state index is -0.306. The van der Waals surface area contributed by atoms with Gasteiger partial charge >= 0.3 is 0 Å². The Morgan fingerprint density at radius 3 is 3.00 bits per heavy atom. The maximum absolute atomic E-state index is 13.6. The van der Waals surface area contributed by atoms with Crippen molar-refractivity contribution in [2.45, 2.75) is 38.3 Å². The van der Waals surface area contributed by atoms with Gasteiger partial charge in [-0.15, -0.1) is 0 Å². The first-order valence-corrected chi connectivity index (χ1v) is 6.46. The minimum absolute atomic E-state index is 0.300. The summed E-state index contributed by atoms with van der Waals surface area (Å²) in [6.07, 6.45) is 3.39. The standard InChI is InChI=1S/C14H20FNO2/c1-10(16)13-5-4-12(9-14(13)15)18-8-6-11-3-2-7-17-11/h4-5,9-11H,2-3,6-8,16H2,1H3/t10-,11?/m1/s1. The summed E-state index contributed by atoms with van der Waals surface area (Å²) in [7, 11) is 0. The van der Waals surface area contributed by atoms with Crippen LogP contribution in [0.15, 0.2) is 18.2 Å². The van der Waals surface area contributed by atoms with Gasteiger partial charge in [0.2, 0.25) is 0 Å². The van der Waals surface area contributed by atoms with Gasteiger partial charge in [-0.05, 0) is 25.8 Å². The SMILES string of the molecule is C[C@@H](N)c1ccc(OCCC2CCCO2)cc1F. The summed E-state index contributed by atoms with van der Waals surface area (Å²) in [5, 5.41) is 0. The van der Waals surface area contributed by atoms with Crippen LogP contribution in [0.25, 0.3) is 0 Å². The molecule has 1 aliphatic rings. The summed E-state index contributed by atoms with van der Waals surface area (Å²) in [6.45, 7) is 3.17. The Morgan fingerprint density at radius 1 is 1.56 bits per heavy atom. The number of hydrogen-bond donors (Lipinski definition) is 1. The molecule has 100 valence electrons. The molecule has 1 aliphatic heterocycles. The smallest absolute Gasteiger partial charge is 0.131 e. The average molecular weight is 253 g/mol. The lowest BCUT2D eigenvalue weighted by Gasteiger charge is -2.12. The zero-order valence-corrected chi connectivity index (χ0v) is 10.7. The van der Waals surface area contributed by atoms with E-state index < -0.39 is 0 Å². The van der Waals surface area contributed by atoms with Gasteiger partial charge in [0.25, 0.3) is 0 Å². The molecule has 18 heavy (non-hydrogen) atoms. The summed E-state index contributed by atoms with van der Waals surface area (Å²) < 4.78 is 24.7. The number of benzene rings is 1. The molecule has 1 aromatic carbocycles. The fraction of sp³-hybridized carbons (Fsp3) is 0.571. The topological polar surface area (TPSA) is 44.5 Å². The number of halogens is 1. The third-order valence-corrected chi connectivity index (χ3v) is 3.20. The lowest BCUT2D eigenvalue weighted by molar-refractivity contribution is 0.0903. The monoisotopic (exact) mass is 253 g/mol. The van der Waals surface area contributed by atoms with E-state index in [1.807, 2.05) is 0 Å². The van der Waals surface area contributed by atoms with Crippen LogP contribution in [0.5, 0.6) is 5.75 Å². The number of hydrogen-bond acceptors (Lipinski definition) is 3. The van der Waals surface area contributed by atoms with Gasteiger partial charge in [0.15, 0.2) is 0 Å². The minimum Gasteiger partial charge on any atom is -0.493 e. The van der Waals surface area contributed by atoms with Gasteiger partial charge in [0.1, 0.15) is 11.6 Å². The van der Waals surface area contributed by atoms with Crippen molar-refractivity contribution in [1.82, 2.24) is 0 Å². The van der Waals surface area contributed by atoms with Crippen LogP contribution in [0.3, 0.4) is 0 Å². The summed E-state index contributed by atoms with van der Waals surface area (Å²) in [5.41, 5.74) is 6.17. The quantitative estimate of drug-likeness (QED) is 0.877. The fourth-order valence-corrected chi connectivity index (χ4v) is 2.15. The van der Waals surface area contributed by atoms with E-state index in [4.69, 9.17) is 15.2 Å². The second kappa shape index (κ2) is 6.16. The van der Waals surface area contributed by atoms with E-state index >= 15 is 0 Å². The molecule has 2 atom stereocenters. The maximum Gasteiger partial charge on any atom is 0.131 e. The van der Waals surface area contributed by atoms with Gasteiger partial charge in [-0.25, -0.2) is 4.39 Å². The molecule has 3 nitrogen and oxygen atoms in total. The summed E-state index contributed by atoms with van der Waals surface area (Å²) in [5.74, 6) is 0.245. The van der Waals surface area contributed by atoms with E-state index in [0.717, 1.165) is 25.9 Å². The second-order valence-electron chi connectivity index (χ2n) is 4.74. The Balaban J connectivity index is 1.84. The molecule has 2 N–H and O–H groups in total. The Kier molecular flexibility index (Phi) is 4.55. The molecule has 1 unspecified atom stereocenters. The molecule has 4 heteroatoms. The van der Waals surface area contributed by atoms with Crippen LogP contribution in [0.4, 0.5) is 4.39 Å². The van der Waals surface area contributed by atoms with Crippen molar-refractivity contribution in [2.24, 2.45) is 5.73 Å². The predicted molar refractivity (Wildman–Crippen MR) is 68.1 cm³/mol. The Bertz CT molecular complexity index is 389. The summed E-state index contributed by atoms with van der Waals surface area (Å²) in [6, 6.07) is 4.54. The van der Waals surface area contributed by atoms with Gasteiger partial charge in [0, 0.05) is 30.7 Å². The highest BCUT2D eigenvalue weighted by molar-refractivity contribution is 5.30. The third kappa shape index (κ3) is 3.43. The summed E-state index contributed by atoms with van der Waals surface area (Å²) >= 11 is 0. The fourth-order valence-electron chi connectivity index (χ4n) is 2.15. The molecular weight excluding hydrogens is 233 g/mol. The molecular formula is C14H20FNO2. The maximum atomic E-state index is 13.6. The van der Waals surface area contributed by atoms with E-state index in [1.54, 1.807) is 19.1 Å². The van der Waals surface area contributed by atoms with Crippen LogP contribution in [0.1, 0.15) is 37.8 Å². The van der Waals surface area contributed by atoms with E-state index in [0.29, 0.717) is 24.0 Å². The molecule has 0 aliphatic carbocycles. The van der Waals surface area contributed by atoms with Gasteiger partial charge < -0.3 is 15.2 Å². The van der Waals surface area contributed by atoms with E-state index in [1.165, 1.54) is 6.07 Å². The van der Waals surface area contributed by atoms with Crippen molar-refractivity contribution in [1.29, 1.82) is 0 Å². The molecule has 1 heterocycles. The molecule has 0 bridgehead atoms. The Hall–Kier alpha value is -1.13. The molecule has 0 radical (unpaired) electrons. The second-order valence-corrected chi connectivity index (χ2v) is 4.74. The molecule has 1 aromatic rings. The van der Waals surface area contributed by atoms with E-state index in [2.05, 4.69) is 0 Å². The number of ether oxygens (including phenoxy) is 2. The molecule has 0 saturated carbocycles. The molecule has 1 fully saturated rings. The first kappa shape index (κ1) is 13.3. The first-order chi connectivity index (χ1) is 8.66. The first-order valence-electron chi connectivity index (χ1n) is 6.46. The van der Waals surface area contributed by atoms with Gasteiger partial charge in [-0.3, -0.25) is 0 Å². The van der Waals surface area contributed by atoms with Crippen molar-refractivity contribution in [3.05, 3.63) is 29.6 Å². The van der Waals surface area contributed by atoms with Crippen LogP contribution < -0.4 is 10.5 Å². The Labute approximate surface area is 107 Å². The van der Waals surface area contributed by atoms with Crippen LogP contribution in [-0.2, 0) is 4.74 Å². The molecule has 0 spiro atoms. The highest BCUT2D eigenvalue weighted by atomic mass is 19.1. The van der Waals surface area contributed by atoms with Crippen molar-refractivity contribution < 1.29 is 13.9 Å². The van der Waals surface area contributed by atoms with Crippen LogP contribution in [0, 0.1) is 5.82 Å². The van der Waals surface area contributed by atoms with Crippen LogP contribution in [0.2, 0.25) is 0 Å². The lowest BCUT2D eigenvalue weighted by Crippen LogP contribution is -2.11. The van der Waals surface area contributed by atoms with Crippen molar-refractivity contribution in [3.63, 3.8) is 0 Å². The van der Waals surface area contributed by atoms with Crippen molar-refractivity contribution in [2.75, 3.05) is 13.2 Å². The molecule has 0 amide bonds. The molecule has 2 rings (SSSR count). The zero-order chi connectivity index (χ0) is 13.0. The molecule has 1 saturated heterocycles. The highest BCUT2D eigenvalue weighted by Crippen LogP contribution is 2.21.